The van der Waals surface area contributed by atoms with Gasteiger partial charge in [0.25, 0.3) is 0 Å². The summed E-state index contributed by atoms with van der Waals surface area (Å²) in [5.41, 5.74) is 6.39. The molecule has 0 rings (SSSR count). The summed E-state index contributed by atoms with van der Waals surface area (Å²) < 4.78 is 0. The molecule has 3 nitrogen and oxygen atoms in total. The predicted octanol–water partition coefficient (Wildman–Crippen LogP) is 0.811. The van der Waals surface area contributed by atoms with Gasteiger partial charge in [0.05, 0.1) is 6.61 Å². The third-order valence-corrected chi connectivity index (χ3v) is 1.55. The van der Waals surface area contributed by atoms with Crippen molar-refractivity contribution in [2.45, 2.75) is 20.8 Å². The second kappa shape index (κ2) is 5.76. The number of hydrogen-bond acceptors (Lipinski definition) is 3. The van der Waals surface area contributed by atoms with Crippen LogP contribution in [0.15, 0.2) is 11.6 Å². The summed E-state index contributed by atoms with van der Waals surface area (Å²) in [6, 6.07) is 0. The highest BCUT2D eigenvalue weighted by Crippen LogP contribution is 2.09. The predicted molar refractivity (Wildman–Crippen MR) is 54.5 cm³/mol. The molecule has 0 fully saturated rings. The van der Waals surface area contributed by atoms with Crippen LogP contribution in [0, 0.1) is 17.3 Å². The van der Waals surface area contributed by atoms with Crippen molar-refractivity contribution in [1.82, 2.24) is 0 Å². The second-order valence-electron chi connectivity index (χ2n) is 3.66. The molecule has 0 unspecified atom stereocenters. The second-order valence-corrected chi connectivity index (χ2v) is 3.66. The van der Waals surface area contributed by atoms with Gasteiger partial charge in [-0.1, -0.05) is 11.8 Å². The lowest BCUT2D eigenvalue weighted by molar-refractivity contribution is 0.161. The first-order valence-corrected chi connectivity index (χ1v) is 4.22. The van der Waals surface area contributed by atoms with Crippen LogP contribution in [0.3, 0.4) is 0 Å². The molecule has 0 amide bonds. The van der Waals surface area contributed by atoms with E-state index in [-0.39, 0.29) is 5.41 Å². The topological polar surface area (TPSA) is 61.3 Å². The van der Waals surface area contributed by atoms with Crippen LogP contribution in [0.4, 0.5) is 0 Å². The van der Waals surface area contributed by atoms with Crippen LogP contribution in [0.2, 0.25) is 0 Å². The highest BCUT2D eigenvalue weighted by Gasteiger charge is 2.09. The van der Waals surface area contributed by atoms with E-state index in [9.17, 15) is 0 Å². The quantitative estimate of drug-likeness (QED) is 0.501. The fourth-order valence-electron chi connectivity index (χ4n) is 0.579. The Morgan fingerprint density at radius 2 is 2.15 bits per heavy atom. The average Bonchev–Trinajstić information content (AvgIpc) is 2.05. The molecule has 0 aromatic heterocycles. The highest BCUT2D eigenvalue weighted by molar-refractivity contribution is 5.23. The Kier molecular flexibility index (Phi) is 5.40. The summed E-state index contributed by atoms with van der Waals surface area (Å²) in [5.74, 6) is 10.9. The number of allylic oxidation sites excluding steroid dienone is 1. The van der Waals surface area contributed by atoms with Crippen molar-refractivity contribution in [2.75, 3.05) is 13.2 Å². The van der Waals surface area contributed by atoms with Gasteiger partial charge in [-0.25, -0.2) is 5.90 Å². The summed E-state index contributed by atoms with van der Waals surface area (Å²) in [7, 11) is 0. The van der Waals surface area contributed by atoms with Crippen LogP contribution >= 0.6 is 0 Å². The first kappa shape index (κ1) is 12.2. The number of hydrogen-bond donors (Lipinski definition) is 2. The van der Waals surface area contributed by atoms with Gasteiger partial charge in [-0.2, -0.15) is 0 Å². The minimum Gasteiger partial charge on any atom is -0.329 e. The minimum atomic E-state index is -0.125. The molecule has 0 heterocycles. The molecule has 0 atom stereocenters. The third-order valence-electron chi connectivity index (χ3n) is 1.55. The molecule has 0 bridgehead atoms. The van der Waals surface area contributed by atoms with Gasteiger partial charge in [0.2, 0.25) is 0 Å². The zero-order chi connectivity index (χ0) is 10.3. The van der Waals surface area contributed by atoms with Gasteiger partial charge < -0.3 is 10.6 Å². The van der Waals surface area contributed by atoms with Crippen LogP contribution < -0.4 is 11.6 Å². The molecule has 0 saturated carbocycles. The Balaban J connectivity index is 4.19. The van der Waals surface area contributed by atoms with Crippen molar-refractivity contribution >= 4 is 0 Å². The van der Waals surface area contributed by atoms with Gasteiger partial charge in [-0.15, -0.1) is 0 Å². The third kappa shape index (κ3) is 6.35. The highest BCUT2D eigenvalue weighted by atomic mass is 16.6. The van der Waals surface area contributed by atoms with Crippen LogP contribution in [0.5, 0.6) is 0 Å². The Bertz CT molecular complexity index is 233. The van der Waals surface area contributed by atoms with Crippen molar-refractivity contribution in [1.29, 1.82) is 0 Å². The molecule has 0 aromatic rings. The van der Waals surface area contributed by atoms with Crippen molar-refractivity contribution in [3.05, 3.63) is 11.6 Å². The molecule has 0 radical (unpaired) electrons. The SMILES string of the molecule is C/C(=C\C#CC(C)(C)CN)CON. The summed E-state index contributed by atoms with van der Waals surface area (Å²) in [4.78, 5) is 4.45. The van der Waals surface area contributed by atoms with Crippen LogP contribution in [0.25, 0.3) is 0 Å². The van der Waals surface area contributed by atoms with Crippen molar-refractivity contribution in [3.8, 4) is 11.8 Å². The van der Waals surface area contributed by atoms with Crippen LogP contribution in [0.1, 0.15) is 20.8 Å². The van der Waals surface area contributed by atoms with E-state index in [2.05, 4.69) is 16.7 Å². The Morgan fingerprint density at radius 3 is 2.62 bits per heavy atom. The lowest BCUT2D eigenvalue weighted by atomic mass is 9.95. The van der Waals surface area contributed by atoms with E-state index < -0.39 is 0 Å². The van der Waals surface area contributed by atoms with E-state index in [1.54, 1.807) is 6.08 Å². The number of nitrogens with two attached hydrogens (primary N) is 2. The van der Waals surface area contributed by atoms with Gasteiger partial charge in [-0.3, -0.25) is 0 Å². The molecule has 0 aliphatic rings. The summed E-state index contributed by atoms with van der Waals surface area (Å²) in [6.07, 6.45) is 1.80. The zero-order valence-electron chi connectivity index (χ0n) is 8.55. The molecule has 13 heavy (non-hydrogen) atoms. The molecule has 0 spiro atoms. The van der Waals surface area contributed by atoms with Crippen LogP contribution in [-0.2, 0) is 4.84 Å². The first-order valence-electron chi connectivity index (χ1n) is 4.22. The smallest absolute Gasteiger partial charge is 0.0896 e. The monoisotopic (exact) mass is 182 g/mol. The van der Waals surface area contributed by atoms with Crippen LogP contribution in [-0.4, -0.2) is 13.2 Å². The maximum absolute atomic E-state index is 5.51. The average molecular weight is 182 g/mol. The first-order chi connectivity index (χ1) is 6.02. The summed E-state index contributed by atoms with van der Waals surface area (Å²) in [6.45, 7) is 6.89. The number of rotatable bonds is 3. The molecular weight excluding hydrogens is 164 g/mol. The van der Waals surface area contributed by atoms with E-state index in [1.807, 2.05) is 20.8 Å². The van der Waals surface area contributed by atoms with Gasteiger partial charge >= 0.3 is 0 Å². The standard InChI is InChI=1S/C10H18N2O/c1-9(7-13-12)5-4-6-10(2,3)8-11/h5H,7-8,11-12H2,1-3H3/b9-5+. The lowest BCUT2D eigenvalue weighted by Crippen LogP contribution is -2.21. The molecule has 0 aliphatic carbocycles. The summed E-state index contributed by atoms with van der Waals surface area (Å²) in [5, 5.41) is 0. The molecule has 0 aromatic carbocycles. The maximum Gasteiger partial charge on any atom is 0.0896 e. The fourth-order valence-corrected chi connectivity index (χ4v) is 0.579. The van der Waals surface area contributed by atoms with E-state index >= 15 is 0 Å². The minimum absolute atomic E-state index is 0.125. The van der Waals surface area contributed by atoms with Crippen molar-refractivity contribution in [3.63, 3.8) is 0 Å². The largest absolute Gasteiger partial charge is 0.329 e. The van der Waals surface area contributed by atoms with E-state index in [1.165, 1.54) is 0 Å². The van der Waals surface area contributed by atoms with Gasteiger partial charge in [0.1, 0.15) is 0 Å². The van der Waals surface area contributed by atoms with Gasteiger partial charge in [0.15, 0.2) is 0 Å². The molecule has 0 aliphatic heterocycles. The van der Waals surface area contributed by atoms with Gasteiger partial charge in [-0.05, 0) is 32.4 Å². The zero-order valence-corrected chi connectivity index (χ0v) is 8.55. The van der Waals surface area contributed by atoms with E-state index in [4.69, 9.17) is 11.6 Å². The molecule has 0 saturated heterocycles. The molecular formula is C10H18N2O. The Hall–Kier alpha value is -0.820. The van der Waals surface area contributed by atoms with E-state index in [0.717, 1.165) is 5.57 Å². The maximum atomic E-state index is 5.51. The summed E-state index contributed by atoms with van der Waals surface area (Å²) >= 11 is 0. The Labute approximate surface area is 80.1 Å². The van der Waals surface area contributed by atoms with Gasteiger partial charge in [0, 0.05) is 12.0 Å². The van der Waals surface area contributed by atoms with E-state index in [0.29, 0.717) is 13.2 Å². The molecule has 4 N–H and O–H groups in total. The Morgan fingerprint density at radius 1 is 1.54 bits per heavy atom. The normalized spacial score (nSPS) is 12.2. The lowest BCUT2D eigenvalue weighted by Gasteiger charge is -2.12. The van der Waals surface area contributed by atoms with Crippen molar-refractivity contribution < 1.29 is 4.84 Å². The molecule has 74 valence electrons. The van der Waals surface area contributed by atoms with Crippen molar-refractivity contribution in [2.24, 2.45) is 17.0 Å². The molecule has 3 heteroatoms. The fraction of sp³-hybridized carbons (Fsp3) is 0.600.